The standard InChI is InChI=1S/C15H17FN2O2S/c1-11-14(21-10-17-11)9-18(7-8-20-2)15(19)12-3-5-13(16)6-4-12/h3-6,10H,7-9H2,1-2H3. The van der Waals surface area contributed by atoms with Crippen LogP contribution in [0.5, 0.6) is 0 Å². The van der Waals surface area contributed by atoms with Crippen LogP contribution < -0.4 is 0 Å². The van der Waals surface area contributed by atoms with E-state index < -0.39 is 0 Å². The minimum absolute atomic E-state index is 0.139. The molecular weight excluding hydrogens is 291 g/mol. The van der Waals surface area contributed by atoms with Crippen LogP contribution in [-0.4, -0.2) is 36.1 Å². The van der Waals surface area contributed by atoms with Crippen molar-refractivity contribution >= 4 is 17.2 Å². The van der Waals surface area contributed by atoms with E-state index in [4.69, 9.17) is 4.74 Å². The smallest absolute Gasteiger partial charge is 0.254 e. The van der Waals surface area contributed by atoms with Crippen LogP contribution in [0.15, 0.2) is 29.8 Å². The van der Waals surface area contributed by atoms with Crippen LogP contribution in [0.4, 0.5) is 4.39 Å². The van der Waals surface area contributed by atoms with Gasteiger partial charge in [0.2, 0.25) is 0 Å². The van der Waals surface area contributed by atoms with Gasteiger partial charge in [-0.15, -0.1) is 11.3 Å². The number of hydrogen-bond donors (Lipinski definition) is 0. The Balaban J connectivity index is 2.16. The molecule has 0 radical (unpaired) electrons. The second-order valence-corrected chi connectivity index (χ2v) is 5.53. The van der Waals surface area contributed by atoms with Gasteiger partial charge in [-0.2, -0.15) is 0 Å². The number of carbonyl (C=O) groups excluding carboxylic acids is 1. The molecule has 112 valence electrons. The highest BCUT2D eigenvalue weighted by Gasteiger charge is 2.17. The molecule has 0 aliphatic rings. The van der Waals surface area contributed by atoms with Gasteiger partial charge >= 0.3 is 0 Å². The molecule has 0 aliphatic carbocycles. The highest BCUT2D eigenvalue weighted by molar-refractivity contribution is 7.09. The predicted octanol–water partition coefficient (Wildman–Crippen LogP) is 2.88. The summed E-state index contributed by atoms with van der Waals surface area (Å²) in [4.78, 5) is 19.5. The summed E-state index contributed by atoms with van der Waals surface area (Å²) in [5.74, 6) is -0.492. The van der Waals surface area contributed by atoms with Crippen LogP contribution in [-0.2, 0) is 11.3 Å². The number of ether oxygens (including phenoxy) is 1. The summed E-state index contributed by atoms with van der Waals surface area (Å²) < 4.78 is 18.0. The Morgan fingerprint density at radius 1 is 1.38 bits per heavy atom. The first-order valence-electron chi connectivity index (χ1n) is 6.54. The Morgan fingerprint density at radius 3 is 2.67 bits per heavy atom. The molecule has 0 unspecified atom stereocenters. The Morgan fingerprint density at radius 2 is 2.10 bits per heavy atom. The second-order valence-electron chi connectivity index (χ2n) is 4.59. The topological polar surface area (TPSA) is 42.4 Å². The van der Waals surface area contributed by atoms with Gasteiger partial charge in [0.15, 0.2) is 0 Å². The van der Waals surface area contributed by atoms with E-state index in [1.807, 2.05) is 6.92 Å². The maximum absolute atomic E-state index is 13.0. The molecule has 0 N–H and O–H groups in total. The maximum Gasteiger partial charge on any atom is 0.254 e. The lowest BCUT2D eigenvalue weighted by Gasteiger charge is -2.22. The molecule has 1 amide bonds. The highest BCUT2D eigenvalue weighted by atomic mass is 32.1. The molecule has 21 heavy (non-hydrogen) atoms. The van der Waals surface area contributed by atoms with Gasteiger partial charge in [0.1, 0.15) is 5.82 Å². The fraction of sp³-hybridized carbons (Fsp3) is 0.333. The molecule has 2 rings (SSSR count). The molecule has 1 heterocycles. The van der Waals surface area contributed by atoms with Crippen LogP contribution in [0, 0.1) is 12.7 Å². The number of carbonyl (C=O) groups is 1. The van der Waals surface area contributed by atoms with Crippen molar-refractivity contribution in [1.82, 2.24) is 9.88 Å². The normalized spacial score (nSPS) is 10.6. The summed E-state index contributed by atoms with van der Waals surface area (Å²) in [5.41, 5.74) is 3.16. The minimum Gasteiger partial charge on any atom is -0.383 e. The van der Waals surface area contributed by atoms with Crippen molar-refractivity contribution in [2.75, 3.05) is 20.3 Å². The average Bonchev–Trinajstić information content (AvgIpc) is 2.88. The number of aryl methyl sites for hydroxylation is 1. The average molecular weight is 308 g/mol. The van der Waals surface area contributed by atoms with Crippen LogP contribution in [0.25, 0.3) is 0 Å². The monoisotopic (exact) mass is 308 g/mol. The summed E-state index contributed by atoms with van der Waals surface area (Å²) in [6.07, 6.45) is 0. The molecule has 1 aromatic carbocycles. The lowest BCUT2D eigenvalue weighted by molar-refractivity contribution is 0.0682. The number of benzene rings is 1. The van der Waals surface area contributed by atoms with E-state index in [9.17, 15) is 9.18 Å². The van der Waals surface area contributed by atoms with E-state index in [-0.39, 0.29) is 11.7 Å². The number of amides is 1. The highest BCUT2D eigenvalue weighted by Crippen LogP contribution is 2.17. The maximum atomic E-state index is 13.0. The van der Waals surface area contributed by atoms with Crippen molar-refractivity contribution in [3.8, 4) is 0 Å². The zero-order valence-electron chi connectivity index (χ0n) is 12.0. The quantitative estimate of drug-likeness (QED) is 0.824. The van der Waals surface area contributed by atoms with Crippen molar-refractivity contribution in [3.63, 3.8) is 0 Å². The van der Waals surface area contributed by atoms with Crippen LogP contribution >= 0.6 is 11.3 Å². The Bertz CT molecular complexity index is 598. The third kappa shape index (κ3) is 4.09. The summed E-state index contributed by atoms with van der Waals surface area (Å²) >= 11 is 1.52. The van der Waals surface area contributed by atoms with E-state index in [1.54, 1.807) is 17.5 Å². The molecule has 1 aromatic heterocycles. The molecule has 0 saturated heterocycles. The Kier molecular flexibility index (Phi) is 5.41. The van der Waals surface area contributed by atoms with Gasteiger partial charge in [0, 0.05) is 24.1 Å². The molecule has 2 aromatic rings. The predicted molar refractivity (Wildman–Crippen MR) is 79.9 cm³/mol. The fourth-order valence-electron chi connectivity index (χ4n) is 1.88. The fourth-order valence-corrected chi connectivity index (χ4v) is 2.67. The molecule has 4 nitrogen and oxygen atoms in total. The number of aromatic nitrogens is 1. The number of halogens is 1. The van der Waals surface area contributed by atoms with Crippen molar-refractivity contribution in [3.05, 3.63) is 51.7 Å². The van der Waals surface area contributed by atoms with Crippen LogP contribution in [0.1, 0.15) is 20.9 Å². The van der Waals surface area contributed by atoms with Crippen molar-refractivity contribution in [1.29, 1.82) is 0 Å². The summed E-state index contributed by atoms with van der Waals surface area (Å²) in [7, 11) is 1.60. The number of hydrogen-bond acceptors (Lipinski definition) is 4. The first-order chi connectivity index (χ1) is 10.1. The third-order valence-corrected chi connectivity index (χ3v) is 4.04. The third-order valence-electron chi connectivity index (χ3n) is 3.12. The van der Waals surface area contributed by atoms with Gasteiger partial charge in [-0.1, -0.05) is 0 Å². The first-order valence-corrected chi connectivity index (χ1v) is 7.42. The van der Waals surface area contributed by atoms with Gasteiger partial charge in [-0.3, -0.25) is 4.79 Å². The molecule has 0 saturated carbocycles. The summed E-state index contributed by atoms with van der Waals surface area (Å²) in [6.45, 7) is 3.33. The number of methoxy groups -OCH3 is 1. The lowest BCUT2D eigenvalue weighted by atomic mass is 10.2. The van der Waals surface area contributed by atoms with Gasteiger partial charge in [-0.05, 0) is 31.2 Å². The van der Waals surface area contributed by atoms with Crippen molar-refractivity contribution < 1.29 is 13.9 Å². The lowest BCUT2D eigenvalue weighted by Crippen LogP contribution is -2.33. The largest absolute Gasteiger partial charge is 0.383 e. The van der Waals surface area contributed by atoms with E-state index in [2.05, 4.69) is 4.98 Å². The molecule has 0 spiro atoms. The summed E-state index contributed by atoms with van der Waals surface area (Å²) in [6, 6.07) is 5.58. The van der Waals surface area contributed by atoms with Gasteiger partial charge in [0.05, 0.1) is 24.4 Å². The molecule has 6 heteroatoms. The van der Waals surface area contributed by atoms with E-state index in [0.717, 1.165) is 10.6 Å². The zero-order valence-corrected chi connectivity index (χ0v) is 12.8. The van der Waals surface area contributed by atoms with Crippen LogP contribution in [0.3, 0.4) is 0 Å². The van der Waals surface area contributed by atoms with Crippen molar-refractivity contribution in [2.24, 2.45) is 0 Å². The SMILES string of the molecule is COCCN(Cc1scnc1C)C(=O)c1ccc(F)cc1. The number of nitrogens with zero attached hydrogens (tertiary/aromatic N) is 2. The minimum atomic E-state index is -0.353. The van der Waals surface area contributed by atoms with Gasteiger partial charge in [-0.25, -0.2) is 9.37 Å². The van der Waals surface area contributed by atoms with Crippen LogP contribution in [0.2, 0.25) is 0 Å². The van der Waals surface area contributed by atoms with Crippen molar-refractivity contribution in [2.45, 2.75) is 13.5 Å². The van der Waals surface area contributed by atoms with Gasteiger partial charge < -0.3 is 9.64 Å². The van der Waals surface area contributed by atoms with E-state index >= 15 is 0 Å². The first kappa shape index (κ1) is 15.6. The molecule has 0 fully saturated rings. The molecule has 0 atom stereocenters. The van der Waals surface area contributed by atoms with E-state index in [0.29, 0.717) is 25.3 Å². The van der Waals surface area contributed by atoms with E-state index in [1.165, 1.54) is 35.6 Å². The van der Waals surface area contributed by atoms with Gasteiger partial charge in [0.25, 0.3) is 5.91 Å². The summed E-state index contributed by atoms with van der Waals surface area (Å²) in [5, 5.41) is 0. The molecular formula is C15H17FN2O2S. The Labute approximate surface area is 127 Å². The number of rotatable bonds is 6. The second kappa shape index (κ2) is 7.28. The Hall–Kier alpha value is -1.79. The molecule has 0 aliphatic heterocycles. The zero-order chi connectivity index (χ0) is 15.2. The number of thiazole rings is 1. The molecule has 0 bridgehead atoms.